The molecule has 0 aliphatic carbocycles. The number of alkyl halides is 3. The lowest BCUT2D eigenvalue weighted by atomic mass is 9.91. The molecule has 13 heteroatoms. The first kappa shape index (κ1) is 39.4. The number of halogens is 5. The van der Waals surface area contributed by atoms with Crippen molar-refractivity contribution in [3.05, 3.63) is 135 Å². The van der Waals surface area contributed by atoms with E-state index < -0.39 is 40.5 Å². The number of aryl methyl sites for hydroxylation is 2. The average Bonchev–Trinajstić information content (AvgIpc) is 3.17. The third kappa shape index (κ3) is 8.84. The van der Waals surface area contributed by atoms with Crippen LogP contribution in [-0.2, 0) is 39.8 Å². The van der Waals surface area contributed by atoms with Gasteiger partial charge in [0.1, 0.15) is 11.4 Å². The Morgan fingerprint density at radius 2 is 1.51 bits per heavy atom. The number of ketones is 1. The number of carbonyl (C=O) groups excluding carboxylic acids is 2. The number of aromatic amines is 1. The Morgan fingerprint density at radius 1 is 0.891 bits per heavy atom. The zero-order valence-electron chi connectivity index (χ0n) is 30.6. The minimum Gasteiger partial charge on any atom is -0.468 e. The number of H-pyrrole nitrogens is 1. The van der Waals surface area contributed by atoms with Crippen molar-refractivity contribution in [2.75, 3.05) is 20.2 Å². The lowest BCUT2D eigenvalue weighted by molar-refractivity contribution is -0.154. The third-order valence-corrected chi connectivity index (χ3v) is 10.4. The number of nitrogens with zero attached hydrogens (tertiary/aromatic N) is 2. The minimum atomic E-state index is -4.45. The van der Waals surface area contributed by atoms with E-state index in [0.717, 1.165) is 18.2 Å². The van der Waals surface area contributed by atoms with E-state index in [9.17, 15) is 36.3 Å². The van der Waals surface area contributed by atoms with Crippen molar-refractivity contribution >= 4 is 22.7 Å². The Hall–Kier alpha value is -5.27. The van der Waals surface area contributed by atoms with Gasteiger partial charge in [0.25, 0.3) is 5.56 Å². The van der Waals surface area contributed by atoms with Gasteiger partial charge in [-0.3, -0.25) is 19.3 Å². The highest BCUT2D eigenvalue weighted by Crippen LogP contribution is 2.32. The number of Topliss-reactive ketones (excluding diaryl/α,β-unsaturated/α-hetero) is 1. The standard InChI is InChI=1S/C42H41F5N4O4/c1-41(2,40(54)55-3)51-22-20-31(21-23-51)48-38(28-12-10-25(11-13-28)26-14-17-30(18-15-26)42(45,46)47)34(52)24-29-7-5-9-33-36(29)39(53)50-35(49-33)19-16-27-6-4-8-32(43)37(27)44/h4-15,17-18,31,38,48H,16,19-24H2,1-3H3,(H,49,50,53). The van der Waals surface area contributed by atoms with Gasteiger partial charge in [0.2, 0.25) is 0 Å². The summed E-state index contributed by atoms with van der Waals surface area (Å²) >= 11 is 0. The third-order valence-electron chi connectivity index (χ3n) is 10.4. The molecule has 0 spiro atoms. The molecule has 0 amide bonds. The Kier molecular flexibility index (Phi) is 11.6. The van der Waals surface area contributed by atoms with Crippen molar-refractivity contribution in [1.82, 2.24) is 20.2 Å². The summed E-state index contributed by atoms with van der Waals surface area (Å²) in [5.41, 5.74) is 0.826. The number of methoxy groups -OCH3 is 1. The number of piperidine rings is 1. The van der Waals surface area contributed by atoms with Crippen LogP contribution in [0.5, 0.6) is 0 Å². The molecule has 0 saturated carbocycles. The zero-order valence-corrected chi connectivity index (χ0v) is 30.6. The first-order valence-electron chi connectivity index (χ1n) is 18.0. The summed E-state index contributed by atoms with van der Waals surface area (Å²) in [6.07, 6.45) is -3.05. The Labute approximate surface area is 314 Å². The molecule has 1 aliphatic heterocycles. The molecule has 6 rings (SSSR count). The number of likely N-dealkylation sites (tertiary alicyclic amines) is 1. The Morgan fingerprint density at radius 3 is 2.15 bits per heavy atom. The number of benzene rings is 4. The molecule has 1 saturated heterocycles. The van der Waals surface area contributed by atoms with Gasteiger partial charge < -0.3 is 15.0 Å². The molecule has 5 aromatic rings. The van der Waals surface area contributed by atoms with Gasteiger partial charge in [-0.15, -0.1) is 0 Å². The molecule has 1 fully saturated rings. The number of hydrogen-bond acceptors (Lipinski definition) is 7. The van der Waals surface area contributed by atoms with Crippen LogP contribution in [0.15, 0.2) is 89.7 Å². The SMILES string of the molecule is COC(=O)C(C)(C)N1CCC(NC(C(=O)Cc2cccc3nc(CCc4cccc(F)c4F)[nH]c(=O)c23)c2ccc(-c3ccc(C(F)(F)F)cc3)cc2)CC1. The van der Waals surface area contributed by atoms with Gasteiger partial charge in [-0.25, -0.2) is 13.8 Å². The van der Waals surface area contributed by atoms with Gasteiger partial charge in [-0.1, -0.05) is 60.7 Å². The number of fused-ring (bicyclic) bond motifs is 1. The number of nitrogens with one attached hydrogen (secondary N) is 2. The molecule has 4 aromatic carbocycles. The second-order valence-corrected chi connectivity index (χ2v) is 14.3. The fourth-order valence-corrected chi connectivity index (χ4v) is 7.17. The van der Waals surface area contributed by atoms with E-state index in [-0.39, 0.29) is 48.0 Å². The van der Waals surface area contributed by atoms with Crippen LogP contribution >= 0.6 is 0 Å². The first-order valence-corrected chi connectivity index (χ1v) is 18.0. The maximum atomic E-state index is 14.3. The van der Waals surface area contributed by atoms with Crippen molar-refractivity contribution in [3.63, 3.8) is 0 Å². The molecule has 0 bridgehead atoms. The number of aromatic nitrogens is 2. The van der Waals surface area contributed by atoms with E-state index >= 15 is 0 Å². The van der Waals surface area contributed by atoms with Gasteiger partial charge in [0.05, 0.1) is 29.6 Å². The number of rotatable bonds is 12. The molecular weight excluding hydrogens is 719 g/mol. The van der Waals surface area contributed by atoms with Gasteiger partial charge in [-0.05, 0) is 85.2 Å². The van der Waals surface area contributed by atoms with E-state index in [1.54, 1.807) is 42.5 Å². The van der Waals surface area contributed by atoms with E-state index in [4.69, 9.17) is 4.74 Å². The number of esters is 1. The molecule has 55 heavy (non-hydrogen) atoms. The van der Waals surface area contributed by atoms with Crippen LogP contribution in [0.3, 0.4) is 0 Å². The Balaban J connectivity index is 1.25. The van der Waals surface area contributed by atoms with Crippen LogP contribution < -0.4 is 10.9 Å². The Bertz CT molecular complexity index is 2230. The number of hydrogen-bond donors (Lipinski definition) is 2. The van der Waals surface area contributed by atoms with Crippen LogP contribution in [-0.4, -0.2) is 58.4 Å². The maximum Gasteiger partial charge on any atom is 0.416 e. The highest BCUT2D eigenvalue weighted by atomic mass is 19.4. The summed E-state index contributed by atoms with van der Waals surface area (Å²) in [6, 6.07) is 20.0. The average molecular weight is 761 g/mol. The lowest BCUT2D eigenvalue weighted by Gasteiger charge is -2.41. The largest absolute Gasteiger partial charge is 0.468 e. The van der Waals surface area contributed by atoms with Crippen molar-refractivity contribution in [2.24, 2.45) is 0 Å². The number of carbonyl (C=O) groups is 2. The molecule has 2 heterocycles. The molecule has 288 valence electrons. The highest BCUT2D eigenvalue weighted by molar-refractivity contribution is 5.92. The first-order chi connectivity index (χ1) is 26.1. The fraction of sp³-hybridized carbons (Fsp3) is 0.333. The molecule has 2 N–H and O–H groups in total. The molecule has 0 radical (unpaired) electrons. The fourth-order valence-electron chi connectivity index (χ4n) is 7.17. The smallest absolute Gasteiger partial charge is 0.416 e. The van der Waals surface area contributed by atoms with E-state index in [2.05, 4.69) is 15.3 Å². The second-order valence-electron chi connectivity index (χ2n) is 14.3. The second kappa shape index (κ2) is 16.2. The quantitative estimate of drug-likeness (QED) is 0.100. The topological polar surface area (TPSA) is 104 Å². The van der Waals surface area contributed by atoms with Gasteiger partial charge in [0.15, 0.2) is 17.4 Å². The molecule has 8 nitrogen and oxygen atoms in total. The summed E-state index contributed by atoms with van der Waals surface area (Å²) in [5, 5.41) is 3.77. The number of ether oxygens (including phenoxy) is 1. The van der Waals surface area contributed by atoms with Crippen molar-refractivity contribution < 1.29 is 36.3 Å². The van der Waals surface area contributed by atoms with Crippen LogP contribution in [0, 0.1) is 11.6 Å². The van der Waals surface area contributed by atoms with Crippen molar-refractivity contribution in [1.29, 1.82) is 0 Å². The van der Waals surface area contributed by atoms with Crippen molar-refractivity contribution in [3.8, 4) is 11.1 Å². The summed E-state index contributed by atoms with van der Waals surface area (Å²) in [6.45, 7) is 4.77. The van der Waals surface area contributed by atoms with Crippen LogP contribution in [0.25, 0.3) is 22.0 Å². The van der Waals surface area contributed by atoms with Gasteiger partial charge in [0, 0.05) is 32.0 Å². The molecular formula is C42H41F5N4O4. The van der Waals surface area contributed by atoms with Crippen LogP contribution in [0.4, 0.5) is 22.0 Å². The van der Waals surface area contributed by atoms with Gasteiger partial charge >= 0.3 is 12.1 Å². The minimum absolute atomic E-state index is 0.101. The van der Waals surface area contributed by atoms with Gasteiger partial charge in [-0.2, -0.15) is 13.2 Å². The van der Waals surface area contributed by atoms with Crippen LogP contribution in [0.2, 0.25) is 0 Å². The monoisotopic (exact) mass is 760 g/mol. The molecule has 1 aromatic heterocycles. The summed E-state index contributed by atoms with van der Waals surface area (Å²) in [4.78, 5) is 49.6. The molecule has 1 aliphatic rings. The summed E-state index contributed by atoms with van der Waals surface area (Å²) < 4.78 is 72.4. The highest BCUT2D eigenvalue weighted by Gasteiger charge is 2.38. The summed E-state index contributed by atoms with van der Waals surface area (Å²) in [7, 11) is 1.35. The lowest BCUT2D eigenvalue weighted by Crippen LogP contribution is -2.56. The summed E-state index contributed by atoms with van der Waals surface area (Å²) in [5.74, 6) is -2.18. The van der Waals surface area contributed by atoms with E-state index in [1.165, 1.54) is 31.4 Å². The zero-order chi connectivity index (χ0) is 39.5. The van der Waals surface area contributed by atoms with E-state index in [1.807, 2.05) is 18.7 Å². The van der Waals surface area contributed by atoms with Crippen molar-refractivity contribution in [2.45, 2.75) is 69.8 Å². The van der Waals surface area contributed by atoms with Crippen LogP contribution in [0.1, 0.15) is 60.8 Å². The molecule has 1 atom stereocenters. The normalized spacial score (nSPS) is 14.9. The maximum absolute atomic E-state index is 14.3. The predicted molar refractivity (Wildman–Crippen MR) is 198 cm³/mol. The predicted octanol–water partition coefficient (Wildman–Crippen LogP) is 7.53. The van der Waals surface area contributed by atoms with E-state index in [0.29, 0.717) is 59.5 Å². The molecule has 1 unspecified atom stereocenters.